The van der Waals surface area contributed by atoms with Gasteiger partial charge in [-0.15, -0.1) is 5.10 Å². The number of ether oxygens (including phenoxy) is 2. The van der Waals surface area contributed by atoms with Gasteiger partial charge in [0.1, 0.15) is 29.6 Å². The molecule has 1 unspecified atom stereocenters. The number of carbonyl (C=O) groups excluding carboxylic acids is 2. The second-order valence-corrected chi connectivity index (χ2v) is 9.51. The Labute approximate surface area is 205 Å². The average Bonchev–Trinajstić information content (AvgIpc) is 3.62. The minimum absolute atomic E-state index is 0.0174. The summed E-state index contributed by atoms with van der Waals surface area (Å²) in [6.45, 7) is 5.94. The standard InChI is InChI=1S/C26H33N5O4/c1-6-26(2,3)27-25(33)24(19-14-13-18(34-4)15-22(19)35-5)31(17-11-12-17)23(32)16-30-21-10-8-7-9-20(21)28-29-30/h7-10,13-15,17,24H,6,11-12,16H2,1-5H3,(H,27,33). The second-order valence-electron chi connectivity index (χ2n) is 9.51. The fourth-order valence-electron chi connectivity index (χ4n) is 4.11. The summed E-state index contributed by atoms with van der Waals surface area (Å²) in [5.41, 5.74) is 1.66. The van der Waals surface area contributed by atoms with Crippen LogP contribution in [0.1, 0.15) is 51.6 Å². The van der Waals surface area contributed by atoms with Crippen molar-refractivity contribution in [3.63, 3.8) is 0 Å². The molecule has 186 valence electrons. The number of benzene rings is 2. The molecule has 9 heteroatoms. The first-order valence-electron chi connectivity index (χ1n) is 11.9. The normalized spacial score (nSPS) is 14.4. The van der Waals surface area contributed by atoms with Gasteiger partial charge in [0, 0.05) is 23.2 Å². The molecule has 1 aliphatic carbocycles. The number of para-hydroxylation sites is 1. The first kappa shape index (κ1) is 24.5. The van der Waals surface area contributed by atoms with E-state index in [1.54, 1.807) is 42.0 Å². The minimum Gasteiger partial charge on any atom is -0.497 e. The molecule has 2 aromatic carbocycles. The maximum Gasteiger partial charge on any atom is 0.248 e. The zero-order valence-corrected chi connectivity index (χ0v) is 20.9. The van der Waals surface area contributed by atoms with Gasteiger partial charge < -0.3 is 19.7 Å². The van der Waals surface area contributed by atoms with Gasteiger partial charge in [0.15, 0.2) is 0 Å². The lowest BCUT2D eigenvalue weighted by atomic mass is 9.97. The Morgan fingerprint density at radius 2 is 1.91 bits per heavy atom. The molecule has 0 radical (unpaired) electrons. The number of carbonyl (C=O) groups is 2. The molecular weight excluding hydrogens is 446 g/mol. The molecule has 2 amide bonds. The van der Waals surface area contributed by atoms with Crippen molar-refractivity contribution in [3.05, 3.63) is 48.0 Å². The van der Waals surface area contributed by atoms with E-state index >= 15 is 0 Å². The number of aromatic nitrogens is 3. The van der Waals surface area contributed by atoms with Gasteiger partial charge in [0.2, 0.25) is 11.8 Å². The second kappa shape index (κ2) is 9.93. The predicted molar refractivity (Wildman–Crippen MR) is 132 cm³/mol. The maximum absolute atomic E-state index is 13.8. The molecule has 0 saturated heterocycles. The maximum atomic E-state index is 13.8. The summed E-state index contributed by atoms with van der Waals surface area (Å²) >= 11 is 0. The number of hydrogen-bond acceptors (Lipinski definition) is 6. The molecule has 1 saturated carbocycles. The number of nitrogens with zero attached hydrogens (tertiary/aromatic N) is 4. The van der Waals surface area contributed by atoms with E-state index in [0.717, 1.165) is 24.8 Å². The smallest absolute Gasteiger partial charge is 0.248 e. The van der Waals surface area contributed by atoms with Crippen LogP contribution in [-0.2, 0) is 16.1 Å². The van der Waals surface area contributed by atoms with Crippen molar-refractivity contribution in [2.45, 2.75) is 64.2 Å². The Morgan fingerprint density at radius 1 is 1.17 bits per heavy atom. The van der Waals surface area contributed by atoms with Gasteiger partial charge in [0.05, 0.1) is 19.7 Å². The first-order valence-corrected chi connectivity index (χ1v) is 11.9. The molecule has 1 aliphatic rings. The van der Waals surface area contributed by atoms with Gasteiger partial charge in [-0.2, -0.15) is 0 Å². The quantitative estimate of drug-likeness (QED) is 0.478. The molecule has 9 nitrogen and oxygen atoms in total. The van der Waals surface area contributed by atoms with Gasteiger partial charge in [-0.05, 0) is 57.4 Å². The number of rotatable bonds is 10. The van der Waals surface area contributed by atoms with Crippen LogP contribution in [-0.4, -0.2) is 57.5 Å². The Bertz CT molecular complexity index is 1220. The molecule has 0 bridgehead atoms. The molecule has 1 N–H and O–H groups in total. The molecule has 1 atom stereocenters. The lowest BCUT2D eigenvalue weighted by Gasteiger charge is -2.35. The van der Waals surface area contributed by atoms with E-state index in [1.807, 2.05) is 45.0 Å². The molecule has 1 aromatic heterocycles. The van der Waals surface area contributed by atoms with Crippen LogP contribution >= 0.6 is 0 Å². The molecule has 3 aromatic rings. The van der Waals surface area contributed by atoms with Crippen LogP contribution in [0.15, 0.2) is 42.5 Å². The highest BCUT2D eigenvalue weighted by atomic mass is 16.5. The van der Waals surface area contributed by atoms with Gasteiger partial charge in [-0.25, -0.2) is 4.68 Å². The van der Waals surface area contributed by atoms with Crippen LogP contribution in [0.3, 0.4) is 0 Å². The zero-order chi connectivity index (χ0) is 25.2. The van der Waals surface area contributed by atoms with Crippen molar-refractivity contribution in [1.82, 2.24) is 25.2 Å². The van der Waals surface area contributed by atoms with E-state index in [1.165, 1.54) is 0 Å². The molecule has 4 rings (SSSR count). The van der Waals surface area contributed by atoms with Crippen LogP contribution in [0.4, 0.5) is 0 Å². The van der Waals surface area contributed by atoms with Crippen molar-refractivity contribution in [2.24, 2.45) is 0 Å². The van der Waals surface area contributed by atoms with Gasteiger partial charge in [0.25, 0.3) is 0 Å². The Kier molecular flexibility index (Phi) is 6.95. The molecule has 35 heavy (non-hydrogen) atoms. The van der Waals surface area contributed by atoms with Crippen molar-refractivity contribution in [1.29, 1.82) is 0 Å². The first-order chi connectivity index (χ1) is 16.8. The monoisotopic (exact) mass is 479 g/mol. The van der Waals surface area contributed by atoms with Crippen molar-refractivity contribution < 1.29 is 19.1 Å². The summed E-state index contributed by atoms with van der Waals surface area (Å²) in [6.07, 6.45) is 2.42. The molecule has 1 heterocycles. The molecular formula is C26H33N5O4. The van der Waals surface area contributed by atoms with Crippen LogP contribution in [0.25, 0.3) is 11.0 Å². The number of nitrogens with one attached hydrogen (secondary N) is 1. The highest BCUT2D eigenvalue weighted by Gasteiger charge is 2.43. The summed E-state index contributed by atoms with van der Waals surface area (Å²) in [6, 6.07) is 11.9. The largest absolute Gasteiger partial charge is 0.497 e. The van der Waals surface area contributed by atoms with Crippen molar-refractivity contribution >= 4 is 22.8 Å². The SMILES string of the molecule is CCC(C)(C)NC(=O)C(c1ccc(OC)cc1OC)N(C(=O)Cn1nnc2ccccc21)C1CC1. The summed E-state index contributed by atoms with van der Waals surface area (Å²) in [7, 11) is 3.12. The van der Waals surface area contributed by atoms with Crippen molar-refractivity contribution in [3.8, 4) is 11.5 Å². The van der Waals surface area contributed by atoms with E-state index in [9.17, 15) is 9.59 Å². The van der Waals surface area contributed by atoms with Gasteiger partial charge in [-0.3, -0.25) is 9.59 Å². The average molecular weight is 480 g/mol. The van der Waals surface area contributed by atoms with Crippen LogP contribution in [0.5, 0.6) is 11.5 Å². The molecule has 0 spiro atoms. The predicted octanol–water partition coefficient (Wildman–Crippen LogP) is 3.49. The zero-order valence-electron chi connectivity index (χ0n) is 20.9. The number of amides is 2. The summed E-state index contributed by atoms with van der Waals surface area (Å²) in [4.78, 5) is 29.3. The molecule has 0 aliphatic heterocycles. The summed E-state index contributed by atoms with van der Waals surface area (Å²) in [5, 5.41) is 11.5. The van der Waals surface area contributed by atoms with Gasteiger partial charge >= 0.3 is 0 Å². The Morgan fingerprint density at radius 3 is 2.57 bits per heavy atom. The third-order valence-corrected chi connectivity index (χ3v) is 6.54. The van der Waals surface area contributed by atoms with Crippen LogP contribution in [0.2, 0.25) is 0 Å². The summed E-state index contributed by atoms with van der Waals surface area (Å²) in [5.74, 6) is 0.653. The minimum atomic E-state index is -0.864. The third-order valence-electron chi connectivity index (χ3n) is 6.54. The Hall–Kier alpha value is -3.62. The van der Waals surface area contributed by atoms with E-state index in [4.69, 9.17) is 9.47 Å². The van der Waals surface area contributed by atoms with Crippen LogP contribution in [0, 0.1) is 0 Å². The van der Waals surface area contributed by atoms with Gasteiger partial charge in [-0.1, -0.05) is 24.3 Å². The fourth-order valence-corrected chi connectivity index (χ4v) is 4.11. The van der Waals surface area contributed by atoms with Crippen LogP contribution < -0.4 is 14.8 Å². The number of hydrogen-bond donors (Lipinski definition) is 1. The third kappa shape index (κ3) is 5.23. The number of methoxy groups -OCH3 is 2. The van der Waals surface area contributed by atoms with E-state index < -0.39 is 11.6 Å². The Balaban J connectivity index is 1.75. The van der Waals surface area contributed by atoms with E-state index in [-0.39, 0.29) is 24.4 Å². The number of fused-ring (bicyclic) bond motifs is 1. The highest BCUT2D eigenvalue weighted by molar-refractivity contribution is 5.90. The molecule has 1 fully saturated rings. The highest BCUT2D eigenvalue weighted by Crippen LogP contribution is 2.39. The topological polar surface area (TPSA) is 98.6 Å². The summed E-state index contributed by atoms with van der Waals surface area (Å²) < 4.78 is 12.6. The van der Waals surface area contributed by atoms with E-state index in [0.29, 0.717) is 22.6 Å². The lowest BCUT2D eigenvalue weighted by Crippen LogP contribution is -2.51. The van der Waals surface area contributed by atoms with E-state index in [2.05, 4.69) is 15.6 Å². The van der Waals surface area contributed by atoms with Crippen molar-refractivity contribution in [2.75, 3.05) is 14.2 Å². The lowest BCUT2D eigenvalue weighted by molar-refractivity contribution is -0.143. The fraction of sp³-hybridized carbons (Fsp3) is 0.462.